The summed E-state index contributed by atoms with van der Waals surface area (Å²) < 4.78 is 26.2. The van der Waals surface area contributed by atoms with Crippen LogP contribution in [0.25, 0.3) is 0 Å². The highest BCUT2D eigenvalue weighted by atomic mass is 32.2. The van der Waals surface area contributed by atoms with Gasteiger partial charge in [-0.3, -0.25) is 14.5 Å². The number of sulfonamides is 1. The third-order valence-corrected chi connectivity index (χ3v) is 5.34. The zero-order valence-electron chi connectivity index (χ0n) is 11.4. The third kappa shape index (κ3) is 2.88. The first-order valence-corrected chi connectivity index (χ1v) is 8.92. The summed E-state index contributed by atoms with van der Waals surface area (Å²) in [5.41, 5.74) is 0.562. The smallest absolute Gasteiger partial charge is 0.263 e. The van der Waals surface area contributed by atoms with Crippen molar-refractivity contribution in [1.82, 2.24) is 10.0 Å². The van der Waals surface area contributed by atoms with Crippen LogP contribution in [0.3, 0.4) is 0 Å². The summed E-state index contributed by atoms with van der Waals surface area (Å²) in [5.74, 6) is 0.170. The summed E-state index contributed by atoms with van der Waals surface area (Å²) in [6.07, 6.45) is 0. The van der Waals surface area contributed by atoms with Crippen molar-refractivity contribution in [2.24, 2.45) is 4.99 Å². The Morgan fingerprint density at radius 3 is 2.82 bits per heavy atom. The zero-order valence-corrected chi connectivity index (χ0v) is 13.1. The third-order valence-electron chi connectivity index (χ3n) is 3.07. The van der Waals surface area contributed by atoms with Crippen molar-refractivity contribution in [3.8, 4) is 0 Å². The minimum absolute atomic E-state index is 0.150. The molecular formula is C14H13N3O3S2. The fraction of sp³-hybridized carbons (Fsp3) is 0.143. The Morgan fingerprint density at radius 2 is 2.05 bits per heavy atom. The SMILES string of the molecule is O=C(NCCN=C1NS(=O)(=O)c2ccccc21)c1cccs1. The molecule has 1 aliphatic heterocycles. The fourth-order valence-electron chi connectivity index (χ4n) is 2.08. The van der Waals surface area contributed by atoms with Gasteiger partial charge < -0.3 is 5.32 Å². The minimum atomic E-state index is -3.51. The van der Waals surface area contributed by atoms with Gasteiger partial charge in [-0.1, -0.05) is 18.2 Å². The first kappa shape index (κ1) is 14.7. The van der Waals surface area contributed by atoms with E-state index < -0.39 is 10.0 Å². The number of carbonyl (C=O) groups is 1. The lowest BCUT2D eigenvalue weighted by Gasteiger charge is -2.02. The van der Waals surface area contributed by atoms with Crippen LogP contribution in [-0.2, 0) is 10.0 Å². The number of fused-ring (bicyclic) bond motifs is 1. The first-order chi connectivity index (χ1) is 10.6. The van der Waals surface area contributed by atoms with Gasteiger partial charge in [0.05, 0.1) is 16.3 Å². The van der Waals surface area contributed by atoms with Crippen LogP contribution in [-0.4, -0.2) is 33.3 Å². The molecule has 3 rings (SSSR count). The molecule has 2 aromatic rings. The molecule has 22 heavy (non-hydrogen) atoms. The van der Waals surface area contributed by atoms with Crippen LogP contribution in [0, 0.1) is 0 Å². The summed E-state index contributed by atoms with van der Waals surface area (Å²) in [7, 11) is -3.51. The highest BCUT2D eigenvalue weighted by Crippen LogP contribution is 2.21. The molecule has 0 spiro atoms. The number of nitrogens with one attached hydrogen (secondary N) is 2. The van der Waals surface area contributed by atoms with E-state index in [1.54, 1.807) is 30.3 Å². The summed E-state index contributed by atoms with van der Waals surface area (Å²) in [6, 6.07) is 10.2. The number of carbonyl (C=O) groups excluding carboxylic acids is 1. The van der Waals surface area contributed by atoms with E-state index in [-0.39, 0.29) is 10.8 Å². The van der Waals surface area contributed by atoms with Crippen LogP contribution in [0.4, 0.5) is 0 Å². The van der Waals surface area contributed by atoms with E-state index in [0.717, 1.165) is 0 Å². The molecule has 0 saturated carbocycles. The second kappa shape index (κ2) is 5.90. The predicted molar refractivity (Wildman–Crippen MR) is 84.8 cm³/mol. The number of rotatable bonds is 4. The molecule has 0 bridgehead atoms. The molecule has 6 nitrogen and oxygen atoms in total. The van der Waals surface area contributed by atoms with Crippen molar-refractivity contribution in [1.29, 1.82) is 0 Å². The highest BCUT2D eigenvalue weighted by Gasteiger charge is 2.29. The van der Waals surface area contributed by atoms with Crippen LogP contribution in [0.15, 0.2) is 51.7 Å². The number of hydrogen-bond acceptors (Lipinski definition) is 5. The normalized spacial score (nSPS) is 17.0. The fourth-order valence-corrected chi connectivity index (χ4v) is 3.97. The number of amides is 1. The Balaban J connectivity index is 1.64. The molecule has 114 valence electrons. The van der Waals surface area contributed by atoms with E-state index in [1.807, 2.05) is 11.4 Å². The standard InChI is InChI=1S/C14H13N3O3S2/c18-14(11-5-3-9-21-11)16-8-7-15-13-10-4-1-2-6-12(10)22(19,20)17-13/h1-6,9H,7-8H2,(H,15,17)(H,16,18). The summed E-state index contributed by atoms with van der Waals surface area (Å²) in [4.78, 5) is 16.8. The van der Waals surface area contributed by atoms with Crippen LogP contribution in [0.2, 0.25) is 0 Å². The number of nitrogens with zero attached hydrogens (tertiary/aromatic N) is 1. The summed E-state index contributed by atoms with van der Waals surface area (Å²) in [6.45, 7) is 0.632. The van der Waals surface area contributed by atoms with Crippen LogP contribution < -0.4 is 10.0 Å². The Kier molecular flexibility index (Phi) is 3.95. The Morgan fingerprint density at radius 1 is 1.23 bits per heavy atom. The molecule has 1 amide bonds. The van der Waals surface area contributed by atoms with Gasteiger partial charge in [0, 0.05) is 12.1 Å². The van der Waals surface area contributed by atoms with Crippen molar-refractivity contribution < 1.29 is 13.2 Å². The molecule has 0 fully saturated rings. The molecule has 0 atom stereocenters. The van der Waals surface area contributed by atoms with E-state index in [2.05, 4.69) is 15.0 Å². The van der Waals surface area contributed by atoms with E-state index in [9.17, 15) is 13.2 Å². The molecule has 2 heterocycles. The van der Waals surface area contributed by atoms with Crippen molar-refractivity contribution in [3.05, 3.63) is 52.2 Å². The molecule has 0 radical (unpaired) electrons. The highest BCUT2D eigenvalue weighted by molar-refractivity contribution is 7.90. The lowest BCUT2D eigenvalue weighted by Crippen LogP contribution is -2.27. The zero-order chi connectivity index (χ0) is 15.6. The predicted octanol–water partition coefficient (Wildman–Crippen LogP) is 1.22. The minimum Gasteiger partial charge on any atom is -0.349 e. The molecule has 1 aromatic heterocycles. The largest absolute Gasteiger partial charge is 0.349 e. The van der Waals surface area contributed by atoms with Gasteiger partial charge in [-0.05, 0) is 23.6 Å². The Hall–Kier alpha value is -2.19. The van der Waals surface area contributed by atoms with Gasteiger partial charge >= 0.3 is 0 Å². The number of benzene rings is 1. The van der Waals surface area contributed by atoms with Crippen molar-refractivity contribution in [3.63, 3.8) is 0 Å². The second-order valence-corrected chi connectivity index (χ2v) is 7.16. The van der Waals surface area contributed by atoms with Gasteiger partial charge in [0.25, 0.3) is 15.9 Å². The average molecular weight is 335 g/mol. The van der Waals surface area contributed by atoms with Crippen LogP contribution in [0.5, 0.6) is 0 Å². The molecule has 1 aliphatic rings. The lowest BCUT2D eigenvalue weighted by atomic mass is 10.2. The maximum atomic E-state index is 11.9. The van der Waals surface area contributed by atoms with Gasteiger partial charge in [0.2, 0.25) is 0 Å². The molecule has 2 N–H and O–H groups in total. The molecule has 1 aromatic carbocycles. The average Bonchev–Trinajstić information content (AvgIpc) is 3.11. The monoisotopic (exact) mass is 335 g/mol. The molecule has 0 saturated heterocycles. The molecular weight excluding hydrogens is 322 g/mol. The van der Waals surface area contributed by atoms with Crippen LogP contribution >= 0.6 is 11.3 Å². The molecule has 0 unspecified atom stereocenters. The van der Waals surface area contributed by atoms with Gasteiger partial charge in [-0.15, -0.1) is 11.3 Å². The first-order valence-electron chi connectivity index (χ1n) is 6.56. The maximum absolute atomic E-state index is 11.9. The van der Waals surface area contributed by atoms with Gasteiger partial charge in [0.15, 0.2) is 0 Å². The Labute approximate surface area is 132 Å². The van der Waals surface area contributed by atoms with E-state index in [0.29, 0.717) is 29.4 Å². The number of hydrogen-bond donors (Lipinski definition) is 2. The molecule has 0 aliphatic carbocycles. The van der Waals surface area contributed by atoms with E-state index in [4.69, 9.17) is 0 Å². The second-order valence-electron chi connectivity index (χ2n) is 4.57. The van der Waals surface area contributed by atoms with Gasteiger partial charge in [-0.2, -0.15) is 0 Å². The topological polar surface area (TPSA) is 87.6 Å². The van der Waals surface area contributed by atoms with Crippen molar-refractivity contribution in [2.75, 3.05) is 13.1 Å². The Bertz CT molecular complexity index is 827. The van der Waals surface area contributed by atoms with Gasteiger partial charge in [0.1, 0.15) is 5.84 Å². The summed E-state index contributed by atoms with van der Waals surface area (Å²) >= 11 is 1.37. The van der Waals surface area contributed by atoms with Crippen molar-refractivity contribution >= 4 is 33.1 Å². The maximum Gasteiger partial charge on any atom is 0.263 e. The lowest BCUT2D eigenvalue weighted by molar-refractivity contribution is 0.0959. The summed E-state index contributed by atoms with van der Waals surface area (Å²) in [5, 5.41) is 4.57. The number of amidine groups is 1. The number of aliphatic imine (C=N–C) groups is 1. The number of thiophene rings is 1. The van der Waals surface area contributed by atoms with Gasteiger partial charge in [-0.25, -0.2) is 8.42 Å². The van der Waals surface area contributed by atoms with Crippen molar-refractivity contribution in [2.45, 2.75) is 4.90 Å². The van der Waals surface area contributed by atoms with Crippen LogP contribution in [0.1, 0.15) is 15.2 Å². The van der Waals surface area contributed by atoms with E-state index in [1.165, 1.54) is 11.3 Å². The quantitative estimate of drug-likeness (QED) is 0.824. The molecule has 8 heteroatoms. The van der Waals surface area contributed by atoms with E-state index >= 15 is 0 Å².